The Labute approximate surface area is 136 Å². The average molecular weight is 313 g/mol. The zero-order valence-corrected chi connectivity index (χ0v) is 14.2. The molecule has 23 heavy (non-hydrogen) atoms. The lowest BCUT2D eigenvalue weighted by atomic mass is 9.94. The highest BCUT2D eigenvalue weighted by Crippen LogP contribution is 2.22. The minimum atomic E-state index is -0.765. The van der Waals surface area contributed by atoms with Crippen LogP contribution in [-0.4, -0.2) is 15.9 Å². The van der Waals surface area contributed by atoms with E-state index in [0.29, 0.717) is 11.5 Å². The highest BCUT2D eigenvalue weighted by atomic mass is 16.2. The molecule has 5 nitrogen and oxygen atoms in total. The molecule has 1 amide bonds. The van der Waals surface area contributed by atoms with Crippen LogP contribution in [0.15, 0.2) is 35.1 Å². The number of hydrogen-bond acceptors (Lipinski definition) is 3. The summed E-state index contributed by atoms with van der Waals surface area (Å²) in [6.07, 6.45) is 0. The van der Waals surface area contributed by atoms with Crippen molar-refractivity contribution in [1.29, 1.82) is 0 Å². The predicted octanol–water partition coefficient (Wildman–Crippen LogP) is 2.54. The number of amides is 1. The van der Waals surface area contributed by atoms with Crippen LogP contribution in [0.25, 0.3) is 0 Å². The van der Waals surface area contributed by atoms with Crippen molar-refractivity contribution in [2.45, 2.75) is 46.1 Å². The molecule has 0 fully saturated rings. The molecule has 0 radical (unpaired) electrons. The van der Waals surface area contributed by atoms with Crippen molar-refractivity contribution >= 4 is 5.91 Å². The Kier molecular flexibility index (Phi) is 4.68. The number of benzene rings is 1. The summed E-state index contributed by atoms with van der Waals surface area (Å²) in [5, 5.41) is 2.98. The van der Waals surface area contributed by atoms with Gasteiger partial charge in [0.1, 0.15) is 5.82 Å². The third-order valence-corrected chi connectivity index (χ3v) is 3.95. The van der Waals surface area contributed by atoms with E-state index < -0.39 is 5.54 Å². The maximum Gasteiger partial charge on any atom is 0.251 e. The summed E-state index contributed by atoms with van der Waals surface area (Å²) in [5.41, 5.74) is 1.71. The molecule has 1 heterocycles. The molecule has 0 bridgehead atoms. The standard InChI is InChI=1S/C18H23N3O2/c1-11-8-6-7-9-14(11)13(3)16(23)21-18(4,5)17-19-12(2)10-15(22)20-17/h6-10,13H,1-5H3,(H,21,23)(H,19,20,22)/t13-/m1/s1. The number of aryl methyl sites for hydroxylation is 2. The predicted molar refractivity (Wildman–Crippen MR) is 90.4 cm³/mol. The lowest BCUT2D eigenvalue weighted by Crippen LogP contribution is -2.45. The zero-order chi connectivity index (χ0) is 17.2. The third kappa shape index (κ3) is 3.86. The fraction of sp³-hybridized carbons (Fsp3) is 0.389. The Morgan fingerprint density at radius 3 is 2.52 bits per heavy atom. The highest BCUT2D eigenvalue weighted by Gasteiger charge is 2.28. The first-order valence-corrected chi connectivity index (χ1v) is 7.66. The molecule has 2 rings (SSSR count). The smallest absolute Gasteiger partial charge is 0.251 e. The Hall–Kier alpha value is -2.43. The quantitative estimate of drug-likeness (QED) is 0.911. The fourth-order valence-electron chi connectivity index (χ4n) is 2.56. The number of hydrogen-bond donors (Lipinski definition) is 2. The first-order valence-electron chi connectivity index (χ1n) is 7.66. The molecule has 1 aromatic heterocycles. The second-order valence-electron chi connectivity index (χ2n) is 6.43. The van der Waals surface area contributed by atoms with Gasteiger partial charge in [-0.1, -0.05) is 24.3 Å². The van der Waals surface area contributed by atoms with Gasteiger partial charge in [0.2, 0.25) is 5.91 Å². The van der Waals surface area contributed by atoms with E-state index in [0.717, 1.165) is 11.1 Å². The monoisotopic (exact) mass is 313 g/mol. The second-order valence-corrected chi connectivity index (χ2v) is 6.43. The van der Waals surface area contributed by atoms with Crippen LogP contribution in [0, 0.1) is 13.8 Å². The Balaban J connectivity index is 2.24. The third-order valence-electron chi connectivity index (χ3n) is 3.95. The van der Waals surface area contributed by atoms with Gasteiger partial charge >= 0.3 is 0 Å². The van der Waals surface area contributed by atoms with Crippen LogP contribution >= 0.6 is 0 Å². The average Bonchev–Trinajstić information content (AvgIpc) is 2.45. The molecule has 5 heteroatoms. The molecule has 0 aliphatic heterocycles. The molecule has 0 aliphatic carbocycles. The van der Waals surface area contributed by atoms with Crippen LogP contribution in [-0.2, 0) is 10.3 Å². The van der Waals surface area contributed by atoms with E-state index >= 15 is 0 Å². The summed E-state index contributed by atoms with van der Waals surface area (Å²) >= 11 is 0. The SMILES string of the molecule is Cc1cc(=O)[nH]c(C(C)(C)NC(=O)[C@H](C)c2ccccc2C)n1. The highest BCUT2D eigenvalue weighted by molar-refractivity contribution is 5.84. The van der Waals surface area contributed by atoms with Gasteiger partial charge in [0, 0.05) is 11.8 Å². The van der Waals surface area contributed by atoms with Gasteiger partial charge in [-0.15, -0.1) is 0 Å². The number of nitrogens with zero attached hydrogens (tertiary/aromatic N) is 1. The summed E-state index contributed by atoms with van der Waals surface area (Å²) in [7, 11) is 0. The van der Waals surface area contributed by atoms with Crippen LogP contribution in [0.4, 0.5) is 0 Å². The van der Waals surface area contributed by atoms with Crippen molar-refractivity contribution < 1.29 is 4.79 Å². The number of rotatable bonds is 4. The van der Waals surface area contributed by atoms with Crippen LogP contribution in [0.5, 0.6) is 0 Å². The minimum Gasteiger partial charge on any atom is -0.343 e. The van der Waals surface area contributed by atoms with Crippen LogP contribution in [0.2, 0.25) is 0 Å². The Morgan fingerprint density at radius 1 is 1.26 bits per heavy atom. The Morgan fingerprint density at radius 2 is 1.91 bits per heavy atom. The van der Waals surface area contributed by atoms with Crippen LogP contribution in [0.1, 0.15) is 49.3 Å². The van der Waals surface area contributed by atoms with Gasteiger partial charge in [0.25, 0.3) is 5.56 Å². The van der Waals surface area contributed by atoms with Crippen LogP contribution < -0.4 is 10.9 Å². The van der Waals surface area contributed by atoms with Crippen molar-refractivity contribution in [2.24, 2.45) is 0 Å². The van der Waals surface area contributed by atoms with E-state index in [-0.39, 0.29) is 17.4 Å². The number of aromatic nitrogens is 2. The molecular formula is C18H23N3O2. The number of carbonyl (C=O) groups is 1. The first kappa shape index (κ1) is 16.9. The Bertz CT molecular complexity index is 778. The van der Waals surface area contributed by atoms with E-state index in [1.54, 1.807) is 6.92 Å². The maximum atomic E-state index is 12.6. The normalized spacial score (nSPS) is 12.7. The summed E-state index contributed by atoms with van der Waals surface area (Å²) in [6, 6.07) is 9.26. The number of nitrogens with one attached hydrogen (secondary N) is 2. The second kappa shape index (κ2) is 6.36. The summed E-state index contributed by atoms with van der Waals surface area (Å²) in [6.45, 7) is 9.27. The maximum absolute atomic E-state index is 12.6. The van der Waals surface area contributed by atoms with Gasteiger partial charge in [0.05, 0.1) is 11.5 Å². The van der Waals surface area contributed by atoms with Gasteiger partial charge in [-0.2, -0.15) is 0 Å². The van der Waals surface area contributed by atoms with E-state index in [2.05, 4.69) is 15.3 Å². The molecule has 0 saturated heterocycles. The van der Waals surface area contributed by atoms with Crippen molar-refractivity contribution in [1.82, 2.24) is 15.3 Å². The molecule has 122 valence electrons. The molecular weight excluding hydrogens is 290 g/mol. The van der Waals surface area contributed by atoms with Crippen molar-refractivity contribution in [2.75, 3.05) is 0 Å². The lowest BCUT2D eigenvalue weighted by Gasteiger charge is -2.27. The largest absolute Gasteiger partial charge is 0.343 e. The van der Waals surface area contributed by atoms with Crippen molar-refractivity contribution in [3.63, 3.8) is 0 Å². The molecule has 1 aromatic carbocycles. The van der Waals surface area contributed by atoms with E-state index in [1.807, 2.05) is 52.0 Å². The summed E-state index contributed by atoms with van der Waals surface area (Å²) < 4.78 is 0. The van der Waals surface area contributed by atoms with Gasteiger partial charge < -0.3 is 10.3 Å². The van der Waals surface area contributed by atoms with Crippen molar-refractivity contribution in [3.05, 3.63) is 63.3 Å². The molecule has 2 aromatic rings. The topological polar surface area (TPSA) is 74.8 Å². The number of H-pyrrole nitrogens is 1. The zero-order valence-electron chi connectivity index (χ0n) is 14.2. The van der Waals surface area contributed by atoms with Gasteiger partial charge in [-0.05, 0) is 45.7 Å². The molecule has 0 saturated carbocycles. The van der Waals surface area contributed by atoms with Gasteiger partial charge in [0.15, 0.2) is 0 Å². The number of aromatic amines is 1. The van der Waals surface area contributed by atoms with E-state index in [9.17, 15) is 9.59 Å². The lowest BCUT2D eigenvalue weighted by molar-refractivity contribution is -0.124. The van der Waals surface area contributed by atoms with Crippen LogP contribution in [0.3, 0.4) is 0 Å². The van der Waals surface area contributed by atoms with Gasteiger partial charge in [-0.3, -0.25) is 9.59 Å². The van der Waals surface area contributed by atoms with E-state index in [1.165, 1.54) is 6.07 Å². The minimum absolute atomic E-state index is 0.103. The number of carbonyl (C=O) groups excluding carboxylic acids is 1. The molecule has 0 spiro atoms. The molecule has 1 atom stereocenters. The van der Waals surface area contributed by atoms with E-state index in [4.69, 9.17) is 0 Å². The molecule has 0 aliphatic rings. The summed E-state index contributed by atoms with van der Waals surface area (Å²) in [4.78, 5) is 31.3. The first-order chi connectivity index (χ1) is 10.7. The summed E-state index contributed by atoms with van der Waals surface area (Å²) in [5.74, 6) is 0.0632. The van der Waals surface area contributed by atoms with Crippen molar-refractivity contribution in [3.8, 4) is 0 Å². The molecule has 2 N–H and O–H groups in total. The fourth-order valence-corrected chi connectivity index (χ4v) is 2.56. The molecule has 0 unspecified atom stereocenters. The van der Waals surface area contributed by atoms with Gasteiger partial charge in [-0.25, -0.2) is 4.98 Å².